The maximum absolute atomic E-state index is 13.4. The largest absolute Gasteiger partial charge is 0.424 e. The van der Waals surface area contributed by atoms with Crippen LogP contribution in [0.1, 0.15) is 39.6 Å². The van der Waals surface area contributed by atoms with Crippen LogP contribution in [0.3, 0.4) is 0 Å². The number of nitrogens with zero attached hydrogens (tertiary/aromatic N) is 4. The zero-order valence-electron chi connectivity index (χ0n) is 17.0. The van der Waals surface area contributed by atoms with E-state index in [4.69, 9.17) is 4.42 Å². The standard InChI is InChI=1S/C19H28N4O3S/c1-12-13(2)15(4)19(16(5)14(12)3)27(24,25)23-9-7-22(8-10-23)11-18-21-20-17(6)26-18/h7-11H2,1-6H3. The fourth-order valence-electron chi connectivity index (χ4n) is 3.70. The Balaban J connectivity index is 1.80. The smallest absolute Gasteiger partial charge is 0.243 e. The molecule has 0 radical (unpaired) electrons. The maximum atomic E-state index is 13.4. The molecule has 0 aliphatic carbocycles. The van der Waals surface area contributed by atoms with E-state index in [-0.39, 0.29) is 0 Å². The molecule has 8 heteroatoms. The molecule has 3 rings (SSSR count). The molecule has 0 saturated carbocycles. The Morgan fingerprint density at radius 2 is 1.33 bits per heavy atom. The van der Waals surface area contributed by atoms with Crippen LogP contribution < -0.4 is 0 Å². The molecule has 1 fully saturated rings. The molecule has 0 N–H and O–H groups in total. The van der Waals surface area contributed by atoms with Crippen LogP contribution in [0.4, 0.5) is 0 Å². The third-order valence-electron chi connectivity index (χ3n) is 5.79. The summed E-state index contributed by atoms with van der Waals surface area (Å²) in [6.45, 7) is 14.4. The Bertz CT molecular complexity index is 929. The van der Waals surface area contributed by atoms with Gasteiger partial charge in [0.15, 0.2) is 0 Å². The first kappa shape index (κ1) is 20.0. The van der Waals surface area contributed by atoms with E-state index in [2.05, 4.69) is 22.0 Å². The second kappa shape index (κ2) is 7.33. The minimum absolute atomic E-state index is 0.459. The van der Waals surface area contributed by atoms with E-state index in [1.54, 1.807) is 11.2 Å². The van der Waals surface area contributed by atoms with E-state index in [1.807, 2.05) is 27.7 Å². The molecule has 27 heavy (non-hydrogen) atoms. The Kier molecular flexibility index (Phi) is 5.42. The van der Waals surface area contributed by atoms with Crippen molar-refractivity contribution in [2.75, 3.05) is 26.2 Å². The summed E-state index contributed by atoms with van der Waals surface area (Å²) in [5.74, 6) is 1.11. The molecule has 0 unspecified atom stereocenters. The monoisotopic (exact) mass is 392 g/mol. The summed E-state index contributed by atoms with van der Waals surface area (Å²) in [4.78, 5) is 2.62. The number of rotatable bonds is 4. The lowest BCUT2D eigenvalue weighted by atomic mass is 9.95. The number of aromatic nitrogens is 2. The van der Waals surface area contributed by atoms with E-state index >= 15 is 0 Å². The highest BCUT2D eigenvalue weighted by atomic mass is 32.2. The molecule has 1 saturated heterocycles. The van der Waals surface area contributed by atoms with Crippen molar-refractivity contribution in [1.29, 1.82) is 0 Å². The molecule has 0 atom stereocenters. The topological polar surface area (TPSA) is 79.5 Å². The summed E-state index contributed by atoms with van der Waals surface area (Å²) in [5, 5.41) is 7.86. The van der Waals surface area contributed by atoms with E-state index in [0.717, 1.165) is 22.3 Å². The van der Waals surface area contributed by atoms with Gasteiger partial charge in [-0.25, -0.2) is 8.42 Å². The van der Waals surface area contributed by atoms with Gasteiger partial charge >= 0.3 is 0 Å². The third kappa shape index (κ3) is 3.66. The normalized spacial score (nSPS) is 16.8. The molecule has 0 spiro atoms. The molecular weight excluding hydrogens is 364 g/mol. The Morgan fingerprint density at radius 3 is 1.81 bits per heavy atom. The zero-order valence-corrected chi connectivity index (χ0v) is 17.8. The molecule has 0 amide bonds. The van der Waals surface area contributed by atoms with Gasteiger partial charge in [-0.3, -0.25) is 4.90 Å². The first-order valence-corrected chi connectivity index (χ1v) is 10.7. The molecule has 7 nitrogen and oxygen atoms in total. The van der Waals surface area contributed by atoms with E-state index in [1.165, 1.54) is 5.56 Å². The van der Waals surface area contributed by atoms with Crippen molar-refractivity contribution in [3.8, 4) is 0 Å². The fraction of sp³-hybridized carbons (Fsp3) is 0.579. The van der Waals surface area contributed by atoms with Crippen molar-refractivity contribution >= 4 is 10.0 Å². The third-order valence-corrected chi connectivity index (χ3v) is 7.96. The minimum atomic E-state index is -3.52. The van der Waals surface area contributed by atoms with Gasteiger partial charge < -0.3 is 4.42 Å². The van der Waals surface area contributed by atoms with E-state index in [9.17, 15) is 8.42 Å². The van der Waals surface area contributed by atoms with Crippen LogP contribution >= 0.6 is 0 Å². The SMILES string of the molecule is Cc1nnc(CN2CCN(S(=O)(=O)c3c(C)c(C)c(C)c(C)c3C)CC2)o1. The lowest BCUT2D eigenvalue weighted by Crippen LogP contribution is -2.48. The van der Waals surface area contributed by atoms with Gasteiger partial charge in [-0.1, -0.05) is 0 Å². The summed E-state index contributed by atoms with van der Waals surface area (Å²) in [5.41, 5.74) is 5.01. The van der Waals surface area contributed by atoms with Gasteiger partial charge in [0, 0.05) is 33.1 Å². The maximum Gasteiger partial charge on any atom is 0.243 e. The van der Waals surface area contributed by atoms with Gasteiger partial charge in [-0.2, -0.15) is 4.31 Å². The van der Waals surface area contributed by atoms with Crippen LogP contribution in [0.15, 0.2) is 9.31 Å². The Hall–Kier alpha value is -1.77. The number of benzene rings is 1. The van der Waals surface area contributed by atoms with Crippen LogP contribution in [0.5, 0.6) is 0 Å². The molecule has 0 bridgehead atoms. The number of sulfonamides is 1. The van der Waals surface area contributed by atoms with Crippen LogP contribution in [-0.2, 0) is 16.6 Å². The molecule has 1 aliphatic heterocycles. The van der Waals surface area contributed by atoms with Gasteiger partial charge in [0.1, 0.15) is 0 Å². The summed E-state index contributed by atoms with van der Waals surface area (Å²) in [7, 11) is -3.52. The molecule has 1 aromatic heterocycles. The summed E-state index contributed by atoms with van der Waals surface area (Å²) in [6, 6.07) is 0. The average molecular weight is 393 g/mol. The quantitative estimate of drug-likeness (QED) is 0.795. The van der Waals surface area contributed by atoms with Crippen molar-refractivity contribution < 1.29 is 12.8 Å². The Morgan fingerprint density at radius 1 is 0.815 bits per heavy atom. The van der Waals surface area contributed by atoms with Gasteiger partial charge in [-0.05, 0) is 62.4 Å². The molecular formula is C19H28N4O3S. The van der Waals surface area contributed by atoms with Crippen LogP contribution in [-0.4, -0.2) is 54.0 Å². The van der Waals surface area contributed by atoms with Gasteiger partial charge in [0.25, 0.3) is 0 Å². The summed E-state index contributed by atoms with van der Waals surface area (Å²) in [6.07, 6.45) is 0. The van der Waals surface area contributed by atoms with Crippen molar-refractivity contribution in [2.24, 2.45) is 0 Å². The molecule has 2 aromatic rings. The fourth-order valence-corrected chi connectivity index (χ4v) is 5.68. The number of piperazine rings is 1. The van der Waals surface area contributed by atoms with E-state index in [0.29, 0.717) is 49.4 Å². The summed E-state index contributed by atoms with van der Waals surface area (Å²) < 4.78 is 33.8. The first-order valence-electron chi connectivity index (χ1n) is 9.21. The average Bonchev–Trinajstić information content (AvgIpc) is 3.03. The van der Waals surface area contributed by atoms with Crippen molar-refractivity contribution in [3.05, 3.63) is 39.6 Å². The second-order valence-corrected chi connectivity index (χ2v) is 9.22. The number of hydrogen-bond acceptors (Lipinski definition) is 6. The zero-order chi connectivity index (χ0) is 19.9. The van der Waals surface area contributed by atoms with Crippen molar-refractivity contribution in [1.82, 2.24) is 19.4 Å². The van der Waals surface area contributed by atoms with Gasteiger partial charge in [0.2, 0.25) is 21.8 Å². The van der Waals surface area contributed by atoms with Gasteiger partial charge in [-0.15, -0.1) is 10.2 Å². The predicted octanol–water partition coefficient (Wildman–Crippen LogP) is 2.43. The number of aryl methyl sites for hydroxylation is 1. The summed E-state index contributed by atoms with van der Waals surface area (Å²) >= 11 is 0. The molecule has 1 aliphatic rings. The number of hydrogen-bond donors (Lipinski definition) is 0. The molecule has 1 aromatic carbocycles. The van der Waals surface area contributed by atoms with Crippen molar-refractivity contribution in [3.63, 3.8) is 0 Å². The predicted molar refractivity (Wildman–Crippen MR) is 103 cm³/mol. The minimum Gasteiger partial charge on any atom is -0.424 e. The lowest BCUT2D eigenvalue weighted by molar-refractivity contribution is 0.167. The highest BCUT2D eigenvalue weighted by molar-refractivity contribution is 7.89. The van der Waals surface area contributed by atoms with Crippen LogP contribution in [0.25, 0.3) is 0 Å². The van der Waals surface area contributed by atoms with E-state index < -0.39 is 10.0 Å². The van der Waals surface area contributed by atoms with Crippen molar-refractivity contribution in [2.45, 2.75) is 53.0 Å². The molecule has 148 valence electrons. The molecule has 2 heterocycles. The van der Waals surface area contributed by atoms with Gasteiger partial charge in [0.05, 0.1) is 11.4 Å². The van der Waals surface area contributed by atoms with Crippen LogP contribution in [0, 0.1) is 41.5 Å². The highest BCUT2D eigenvalue weighted by Gasteiger charge is 2.32. The highest BCUT2D eigenvalue weighted by Crippen LogP contribution is 2.32. The second-order valence-electron chi connectivity index (χ2n) is 7.35. The first-order chi connectivity index (χ1) is 12.6. The lowest BCUT2D eigenvalue weighted by Gasteiger charge is -2.34. The Labute approximate surface area is 161 Å². The van der Waals surface area contributed by atoms with Crippen LogP contribution in [0.2, 0.25) is 0 Å².